The molecule has 2 nitrogen and oxygen atoms in total. The molecule has 1 atom stereocenters. The third-order valence-corrected chi connectivity index (χ3v) is 2.01. The van der Waals surface area contributed by atoms with E-state index in [-0.39, 0.29) is 5.91 Å². The van der Waals surface area contributed by atoms with Crippen molar-refractivity contribution in [2.45, 2.75) is 65.8 Å². The zero-order chi connectivity index (χ0) is 12.1. The first kappa shape index (κ1) is 16.6. The van der Waals surface area contributed by atoms with Crippen LogP contribution in [0.2, 0.25) is 0 Å². The average molecular weight is 213 g/mol. The van der Waals surface area contributed by atoms with E-state index in [1.807, 2.05) is 19.9 Å². The van der Waals surface area contributed by atoms with Gasteiger partial charge in [-0.15, -0.1) is 6.58 Å². The summed E-state index contributed by atoms with van der Waals surface area (Å²) in [5.41, 5.74) is 0. The van der Waals surface area contributed by atoms with E-state index in [1.165, 1.54) is 0 Å². The van der Waals surface area contributed by atoms with Crippen LogP contribution in [0.15, 0.2) is 12.7 Å². The van der Waals surface area contributed by atoms with Gasteiger partial charge in [-0.3, -0.25) is 4.79 Å². The van der Waals surface area contributed by atoms with Crippen LogP contribution in [0.1, 0.15) is 59.8 Å². The maximum Gasteiger partial charge on any atom is 0.217 e. The van der Waals surface area contributed by atoms with Crippen molar-refractivity contribution in [3.63, 3.8) is 0 Å². The summed E-state index contributed by atoms with van der Waals surface area (Å²) in [4.78, 5) is 10.8. The predicted molar refractivity (Wildman–Crippen MR) is 67.9 cm³/mol. The number of hydrogen-bond donors (Lipinski definition) is 1. The minimum atomic E-state index is 0.0806. The molecule has 0 aromatic heterocycles. The Morgan fingerprint density at radius 1 is 1.40 bits per heavy atom. The number of amides is 1. The molecule has 0 saturated carbocycles. The summed E-state index contributed by atoms with van der Waals surface area (Å²) in [5, 5.41) is 2.97. The van der Waals surface area contributed by atoms with Crippen LogP contribution in [0.25, 0.3) is 0 Å². The first-order valence-corrected chi connectivity index (χ1v) is 6.08. The van der Waals surface area contributed by atoms with Crippen LogP contribution in [-0.4, -0.2) is 11.9 Å². The van der Waals surface area contributed by atoms with Crippen LogP contribution in [0, 0.1) is 0 Å². The molecule has 0 aliphatic rings. The van der Waals surface area contributed by atoms with E-state index in [1.54, 1.807) is 6.92 Å². The Kier molecular flexibility index (Phi) is 14.6. The van der Waals surface area contributed by atoms with E-state index in [4.69, 9.17) is 0 Å². The summed E-state index contributed by atoms with van der Waals surface area (Å²) in [6.45, 7) is 11.4. The van der Waals surface area contributed by atoms with Gasteiger partial charge >= 0.3 is 0 Å². The lowest BCUT2D eigenvalue weighted by atomic mass is 10.0. The standard InChI is InChI=1S/C11H21NO.C2H6/c1-4-6-7-9-11(8-5-2)12-10(3)13;1-2/h4,11H,1,5-9H2,2-3H3,(H,12,13);1-2H3. The predicted octanol–water partition coefficient (Wildman–Crippen LogP) is 3.67. The molecule has 2 heteroatoms. The molecule has 0 aromatic rings. The average Bonchev–Trinajstić information content (AvgIpc) is 2.20. The van der Waals surface area contributed by atoms with E-state index >= 15 is 0 Å². The van der Waals surface area contributed by atoms with E-state index < -0.39 is 0 Å². The molecule has 0 aromatic carbocycles. The summed E-state index contributed by atoms with van der Waals surface area (Å²) >= 11 is 0. The molecular formula is C13H27NO. The lowest BCUT2D eigenvalue weighted by Crippen LogP contribution is -2.32. The first-order chi connectivity index (χ1) is 7.20. The van der Waals surface area contributed by atoms with Gasteiger partial charge in [0.1, 0.15) is 0 Å². The summed E-state index contributed by atoms with van der Waals surface area (Å²) in [6.07, 6.45) is 7.36. The maximum absolute atomic E-state index is 10.8. The highest BCUT2D eigenvalue weighted by atomic mass is 16.1. The van der Waals surface area contributed by atoms with Crippen LogP contribution >= 0.6 is 0 Å². The van der Waals surface area contributed by atoms with Crippen LogP contribution < -0.4 is 5.32 Å². The highest BCUT2D eigenvalue weighted by Gasteiger charge is 2.07. The Morgan fingerprint density at radius 2 is 2.00 bits per heavy atom. The number of carbonyl (C=O) groups excluding carboxylic acids is 1. The highest BCUT2D eigenvalue weighted by molar-refractivity contribution is 5.73. The van der Waals surface area contributed by atoms with Gasteiger partial charge in [0.25, 0.3) is 0 Å². The van der Waals surface area contributed by atoms with Crippen molar-refractivity contribution in [3.05, 3.63) is 12.7 Å². The molecule has 1 N–H and O–H groups in total. The minimum absolute atomic E-state index is 0.0806. The molecule has 0 spiro atoms. The van der Waals surface area contributed by atoms with Gasteiger partial charge in [-0.2, -0.15) is 0 Å². The number of rotatable bonds is 7. The van der Waals surface area contributed by atoms with Crippen molar-refractivity contribution in [3.8, 4) is 0 Å². The summed E-state index contributed by atoms with van der Waals surface area (Å²) in [6, 6.07) is 0.363. The molecule has 0 fully saturated rings. The van der Waals surface area contributed by atoms with Crippen LogP contribution in [0.5, 0.6) is 0 Å². The molecule has 1 amide bonds. The Morgan fingerprint density at radius 3 is 2.40 bits per heavy atom. The lowest BCUT2D eigenvalue weighted by molar-refractivity contribution is -0.119. The Hall–Kier alpha value is -0.790. The molecule has 0 radical (unpaired) electrons. The van der Waals surface area contributed by atoms with Gasteiger partial charge in [0.2, 0.25) is 5.91 Å². The van der Waals surface area contributed by atoms with E-state index in [9.17, 15) is 4.79 Å². The quantitative estimate of drug-likeness (QED) is 0.507. The first-order valence-electron chi connectivity index (χ1n) is 6.08. The Bertz CT molecular complexity index is 155. The topological polar surface area (TPSA) is 29.1 Å². The molecular weight excluding hydrogens is 186 g/mol. The summed E-state index contributed by atoms with van der Waals surface area (Å²) in [7, 11) is 0. The highest BCUT2D eigenvalue weighted by Crippen LogP contribution is 2.06. The second-order valence-electron chi connectivity index (χ2n) is 3.41. The number of allylic oxidation sites excluding steroid dienone is 1. The molecule has 1 unspecified atom stereocenters. The fourth-order valence-corrected chi connectivity index (χ4v) is 1.43. The fraction of sp³-hybridized carbons (Fsp3) is 0.769. The zero-order valence-corrected chi connectivity index (χ0v) is 10.8. The lowest BCUT2D eigenvalue weighted by Gasteiger charge is -2.16. The molecule has 15 heavy (non-hydrogen) atoms. The van der Waals surface area contributed by atoms with Crippen molar-refractivity contribution in [2.75, 3.05) is 0 Å². The van der Waals surface area contributed by atoms with Gasteiger partial charge in [0.15, 0.2) is 0 Å². The monoisotopic (exact) mass is 213 g/mol. The number of carbonyl (C=O) groups is 1. The number of hydrogen-bond acceptors (Lipinski definition) is 1. The second kappa shape index (κ2) is 13.2. The molecule has 0 aliphatic carbocycles. The Balaban J connectivity index is 0. The third kappa shape index (κ3) is 13.2. The summed E-state index contributed by atoms with van der Waals surface area (Å²) in [5.74, 6) is 0.0806. The number of nitrogens with one attached hydrogen (secondary N) is 1. The van der Waals surface area contributed by atoms with Crippen LogP contribution in [-0.2, 0) is 4.79 Å². The van der Waals surface area contributed by atoms with Crippen molar-refractivity contribution in [1.29, 1.82) is 0 Å². The van der Waals surface area contributed by atoms with Gasteiger partial charge in [0.05, 0.1) is 0 Å². The smallest absolute Gasteiger partial charge is 0.217 e. The van der Waals surface area contributed by atoms with Gasteiger partial charge in [-0.1, -0.05) is 33.3 Å². The van der Waals surface area contributed by atoms with Gasteiger partial charge in [0, 0.05) is 13.0 Å². The van der Waals surface area contributed by atoms with Gasteiger partial charge in [-0.25, -0.2) is 0 Å². The Labute approximate surface area is 95.1 Å². The minimum Gasteiger partial charge on any atom is -0.354 e. The summed E-state index contributed by atoms with van der Waals surface area (Å²) < 4.78 is 0. The van der Waals surface area contributed by atoms with Gasteiger partial charge in [-0.05, 0) is 25.7 Å². The van der Waals surface area contributed by atoms with Crippen LogP contribution in [0.3, 0.4) is 0 Å². The second-order valence-corrected chi connectivity index (χ2v) is 3.41. The SMILES string of the molecule is C=CCCCC(CCC)NC(C)=O.CC. The van der Waals surface area contributed by atoms with E-state index in [0.29, 0.717) is 6.04 Å². The van der Waals surface area contributed by atoms with Crippen molar-refractivity contribution < 1.29 is 4.79 Å². The molecule has 0 saturated heterocycles. The van der Waals surface area contributed by atoms with E-state index in [0.717, 1.165) is 32.1 Å². The maximum atomic E-state index is 10.8. The van der Waals surface area contributed by atoms with Crippen molar-refractivity contribution in [2.24, 2.45) is 0 Å². The van der Waals surface area contributed by atoms with Gasteiger partial charge < -0.3 is 5.32 Å². The largest absolute Gasteiger partial charge is 0.354 e. The van der Waals surface area contributed by atoms with Crippen LogP contribution in [0.4, 0.5) is 0 Å². The molecule has 0 bridgehead atoms. The molecule has 0 heterocycles. The van der Waals surface area contributed by atoms with E-state index in [2.05, 4.69) is 18.8 Å². The normalized spacial score (nSPS) is 10.9. The molecule has 0 aliphatic heterocycles. The zero-order valence-electron chi connectivity index (χ0n) is 10.8. The third-order valence-electron chi connectivity index (χ3n) is 2.01. The van der Waals surface area contributed by atoms with Crippen molar-refractivity contribution in [1.82, 2.24) is 5.32 Å². The molecule has 90 valence electrons. The van der Waals surface area contributed by atoms with Crippen molar-refractivity contribution >= 4 is 5.91 Å². The molecule has 0 rings (SSSR count). The fourth-order valence-electron chi connectivity index (χ4n) is 1.43. The number of unbranched alkanes of at least 4 members (excludes halogenated alkanes) is 1.